The standard InChI is InChI=1S/C22H19ClN2O5/c23-14-7-11(10-24)1-2-12(14)19-9-18(29)21-17(28)8-16(27)20(22(21)30-19)13-3-5-25-15(13)4-6-26/h1-2,7-9,13,15,25-28H,3-6H2. The zero-order valence-corrected chi connectivity index (χ0v) is 16.6. The van der Waals surface area contributed by atoms with Gasteiger partial charge in [-0.25, -0.2) is 0 Å². The number of aliphatic hydroxyl groups excluding tert-OH is 1. The van der Waals surface area contributed by atoms with Crippen molar-refractivity contribution in [3.05, 3.63) is 56.7 Å². The van der Waals surface area contributed by atoms with Gasteiger partial charge < -0.3 is 25.1 Å². The number of aliphatic hydroxyl groups is 1. The minimum absolute atomic E-state index is 0.0223. The Labute approximate surface area is 176 Å². The van der Waals surface area contributed by atoms with Gasteiger partial charge in [0, 0.05) is 41.8 Å². The Hall–Kier alpha value is -3.05. The quantitative estimate of drug-likeness (QED) is 0.504. The molecule has 2 heterocycles. The molecule has 4 rings (SSSR count). The van der Waals surface area contributed by atoms with Crippen molar-refractivity contribution >= 4 is 22.6 Å². The van der Waals surface area contributed by atoms with Crippen molar-refractivity contribution in [1.82, 2.24) is 5.32 Å². The smallest absolute Gasteiger partial charge is 0.197 e. The maximum absolute atomic E-state index is 12.9. The van der Waals surface area contributed by atoms with Crippen molar-refractivity contribution in [1.29, 1.82) is 5.26 Å². The van der Waals surface area contributed by atoms with E-state index >= 15 is 0 Å². The number of fused-ring (bicyclic) bond motifs is 1. The van der Waals surface area contributed by atoms with Crippen LogP contribution in [-0.4, -0.2) is 34.5 Å². The molecule has 0 bridgehead atoms. The zero-order valence-electron chi connectivity index (χ0n) is 15.9. The van der Waals surface area contributed by atoms with E-state index in [0.29, 0.717) is 36.1 Å². The van der Waals surface area contributed by atoms with Gasteiger partial charge in [0.1, 0.15) is 28.2 Å². The van der Waals surface area contributed by atoms with Crippen LogP contribution in [0.25, 0.3) is 22.3 Å². The average molecular weight is 427 g/mol. The van der Waals surface area contributed by atoms with Crippen LogP contribution in [0.1, 0.15) is 29.9 Å². The van der Waals surface area contributed by atoms with E-state index in [4.69, 9.17) is 21.3 Å². The fraction of sp³-hybridized carbons (Fsp3) is 0.273. The number of nitrogens with zero attached hydrogens (tertiary/aromatic N) is 1. The summed E-state index contributed by atoms with van der Waals surface area (Å²) in [6.45, 7) is 0.656. The minimum atomic E-state index is -0.477. The number of phenolic OH excluding ortho intramolecular Hbond substituents is 2. The fourth-order valence-electron chi connectivity index (χ4n) is 4.15. The summed E-state index contributed by atoms with van der Waals surface area (Å²) in [6.07, 6.45) is 1.14. The molecule has 154 valence electrons. The molecule has 1 aliphatic heterocycles. The van der Waals surface area contributed by atoms with Crippen molar-refractivity contribution in [3.8, 4) is 28.9 Å². The molecule has 0 amide bonds. The van der Waals surface area contributed by atoms with E-state index in [1.54, 1.807) is 12.1 Å². The number of aromatic hydroxyl groups is 2. The summed E-state index contributed by atoms with van der Waals surface area (Å²) in [5, 5.41) is 42.9. The molecule has 2 aromatic carbocycles. The number of nitrogens with one attached hydrogen (secondary N) is 1. The Morgan fingerprint density at radius 3 is 2.73 bits per heavy atom. The van der Waals surface area contributed by atoms with Crippen LogP contribution in [0, 0.1) is 11.3 Å². The fourth-order valence-corrected chi connectivity index (χ4v) is 4.43. The van der Waals surface area contributed by atoms with Gasteiger partial charge in [-0.15, -0.1) is 0 Å². The minimum Gasteiger partial charge on any atom is -0.507 e. The highest BCUT2D eigenvalue weighted by molar-refractivity contribution is 6.33. The summed E-state index contributed by atoms with van der Waals surface area (Å²) in [6, 6.07) is 8.88. The van der Waals surface area contributed by atoms with E-state index in [0.717, 1.165) is 6.07 Å². The average Bonchev–Trinajstić information content (AvgIpc) is 3.15. The molecule has 4 N–H and O–H groups in total. The van der Waals surface area contributed by atoms with Crippen LogP contribution in [0.5, 0.6) is 11.5 Å². The summed E-state index contributed by atoms with van der Waals surface area (Å²) in [7, 11) is 0. The number of hydrogen-bond acceptors (Lipinski definition) is 7. The van der Waals surface area contributed by atoms with Crippen LogP contribution in [-0.2, 0) is 0 Å². The molecular formula is C22H19ClN2O5. The zero-order chi connectivity index (χ0) is 21.4. The first-order valence-electron chi connectivity index (χ1n) is 9.51. The summed E-state index contributed by atoms with van der Waals surface area (Å²) < 4.78 is 6.04. The van der Waals surface area contributed by atoms with Gasteiger partial charge in [0.15, 0.2) is 5.43 Å². The molecular weight excluding hydrogens is 408 g/mol. The molecule has 2 unspecified atom stereocenters. The first-order chi connectivity index (χ1) is 14.4. The lowest BCUT2D eigenvalue weighted by Crippen LogP contribution is -2.27. The first kappa shape index (κ1) is 20.2. The lowest BCUT2D eigenvalue weighted by atomic mass is 9.88. The third-order valence-electron chi connectivity index (χ3n) is 5.52. The highest BCUT2D eigenvalue weighted by Crippen LogP contribution is 2.43. The molecule has 1 aliphatic rings. The monoisotopic (exact) mass is 426 g/mol. The van der Waals surface area contributed by atoms with Crippen molar-refractivity contribution in [3.63, 3.8) is 0 Å². The Morgan fingerprint density at radius 2 is 2.03 bits per heavy atom. The number of hydrogen-bond donors (Lipinski definition) is 4. The van der Waals surface area contributed by atoms with Gasteiger partial charge in [0.25, 0.3) is 0 Å². The van der Waals surface area contributed by atoms with Gasteiger partial charge >= 0.3 is 0 Å². The van der Waals surface area contributed by atoms with Crippen molar-refractivity contribution < 1.29 is 19.7 Å². The Bertz CT molecular complexity index is 1230. The number of nitriles is 1. The maximum Gasteiger partial charge on any atom is 0.197 e. The molecule has 0 spiro atoms. The normalized spacial score (nSPS) is 18.6. The molecule has 0 saturated carbocycles. The van der Waals surface area contributed by atoms with Gasteiger partial charge in [0.2, 0.25) is 0 Å². The van der Waals surface area contributed by atoms with Gasteiger partial charge in [-0.2, -0.15) is 5.26 Å². The van der Waals surface area contributed by atoms with E-state index in [1.165, 1.54) is 12.1 Å². The molecule has 1 saturated heterocycles. The first-order valence-corrected chi connectivity index (χ1v) is 9.89. The van der Waals surface area contributed by atoms with E-state index in [1.807, 2.05) is 6.07 Å². The molecule has 0 aliphatic carbocycles. The van der Waals surface area contributed by atoms with E-state index in [9.17, 15) is 20.1 Å². The van der Waals surface area contributed by atoms with Gasteiger partial charge in [-0.3, -0.25) is 4.79 Å². The van der Waals surface area contributed by atoms with Gasteiger partial charge in [-0.1, -0.05) is 11.6 Å². The Kier molecular flexibility index (Phi) is 5.39. The van der Waals surface area contributed by atoms with Crippen LogP contribution in [0.15, 0.2) is 39.5 Å². The second-order valence-electron chi connectivity index (χ2n) is 7.28. The SMILES string of the molecule is N#Cc1ccc(-c2cc(=O)c3c(O)cc(O)c(C4CCNC4CCO)c3o2)c(Cl)c1. The predicted molar refractivity (Wildman–Crippen MR) is 112 cm³/mol. The highest BCUT2D eigenvalue weighted by Gasteiger charge is 2.33. The van der Waals surface area contributed by atoms with E-state index < -0.39 is 5.43 Å². The second kappa shape index (κ2) is 8.00. The molecule has 30 heavy (non-hydrogen) atoms. The molecule has 7 nitrogen and oxygen atoms in total. The third kappa shape index (κ3) is 3.39. The Morgan fingerprint density at radius 1 is 1.23 bits per heavy atom. The van der Waals surface area contributed by atoms with Crippen LogP contribution < -0.4 is 10.7 Å². The van der Waals surface area contributed by atoms with Crippen LogP contribution in [0.2, 0.25) is 5.02 Å². The summed E-state index contributed by atoms with van der Waals surface area (Å²) in [4.78, 5) is 12.9. The highest BCUT2D eigenvalue weighted by atomic mass is 35.5. The number of rotatable bonds is 4. The molecule has 3 aromatic rings. The summed E-state index contributed by atoms with van der Waals surface area (Å²) in [5.74, 6) is -0.599. The summed E-state index contributed by atoms with van der Waals surface area (Å²) in [5.41, 5.74) is 0.809. The largest absolute Gasteiger partial charge is 0.507 e. The number of halogens is 1. The van der Waals surface area contributed by atoms with Gasteiger partial charge in [-0.05, 0) is 37.6 Å². The van der Waals surface area contributed by atoms with Crippen molar-refractivity contribution in [2.24, 2.45) is 0 Å². The van der Waals surface area contributed by atoms with E-state index in [2.05, 4.69) is 5.32 Å². The lowest BCUT2D eigenvalue weighted by Gasteiger charge is -2.21. The third-order valence-corrected chi connectivity index (χ3v) is 5.83. The van der Waals surface area contributed by atoms with Gasteiger partial charge in [0.05, 0.1) is 16.7 Å². The van der Waals surface area contributed by atoms with Crippen LogP contribution in [0.4, 0.5) is 0 Å². The Balaban J connectivity index is 1.98. The van der Waals surface area contributed by atoms with Crippen LogP contribution in [0.3, 0.4) is 0 Å². The predicted octanol–water partition coefficient (Wildman–Crippen LogP) is 3.22. The molecule has 1 fully saturated rings. The molecule has 8 heteroatoms. The topological polar surface area (TPSA) is 127 Å². The lowest BCUT2D eigenvalue weighted by molar-refractivity contribution is 0.265. The number of phenols is 2. The number of benzene rings is 2. The van der Waals surface area contributed by atoms with Crippen molar-refractivity contribution in [2.45, 2.75) is 24.8 Å². The van der Waals surface area contributed by atoms with Crippen LogP contribution >= 0.6 is 11.6 Å². The molecule has 1 aromatic heterocycles. The maximum atomic E-state index is 12.9. The summed E-state index contributed by atoms with van der Waals surface area (Å²) >= 11 is 6.29. The molecule has 2 atom stereocenters. The van der Waals surface area contributed by atoms with E-state index in [-0.39, 0.29) is 51.8 Å². The van der Waals surface area contributed by atoms with Crippen molar-refractivity contribution in [2.75, 3.05) is 13.2 Å². The molecule has 0 radical (unpaired) electrons. The second-order valence-corrected chi connectivity index (χ2v) is 7.69.